The Morgan fingerprint density at radius 1 is 0.963 bits per heavy atom. The number of rotatable bonds is 5. The molecule has 3 amide bonds. The molecule has 2 aromatic rings. The van der Waals surface area contributed by atoms with E-state index in [9.17, 15) is 14.4 Å². The number of ether oxygens (including phenoxy) is 1. The SMILES string of the molecule is COc1ccc(C(=O)NNC(=O)c2ccc(NC(=O)C3CC3)cc2)cc1Br. The lowest BCUT2D eigenvalue weighted by Gasteiger charge is -2.10. The molecule has 1 saturated carbocycles. The predicted molar refractivity (Wildman–Crippen MR) is 103 cm³/mol. The average molecular weight is 432 g/mol. The minimum Gasteiger partial charge on any atom is -0.496 e. The summed E-state index contributed by atoms with van der Waals surface area (Å²) in [6.07, 6.45) is 1.85. The number of hydrazine groups is 1. The third-order valence-corrected chi connectivity index (χ3v) is 4.69. The van der Waals surface area contributed by atoms with Crippen molar-refractivity contribution < 1.29 is 19.1 Å². The Morgan fingerprint density at radius 3 is 2.11 bits per heavy atom. The molecule has 0 saturated heterocycles. The maximum atomic E-state index is 12.2. The Hall–Kier alpha value is -2.87. The molecule has 27 heavy (non-hydrogen) atoms. The highest BCUT2D eigenvalue weighted by Gasteiger charge is 2.29. The largest absolute Gasteiger partial charge is 0.496 e. The normalized spacial score (nSPS) is 12.8. The van der Waals surface area contributed by atoms with Crippen molar-refractivity contribution in [3.05, 3.63) is 58.1 Å². The third kappa shape index (κ3) is 4.85. The van der Waals surface area contributed by atoms with Crippen LogP contribution in [0.1, 0.15) is 33.6 Å². The fourth-order valence-corrected chi connectivity index (χ4v) is 2.90. The van der Waals surface area contributed by atoms with Crippen LogP contribution in [0.5, 0.6) is 5.75 Å². The highest BCUT2D eigenvalue weighted by molar-refractivity contribution is 9.10. The van der Waals surface area contributed by atoms with Gasteiger partial charge in [-0.1, -0.05) is 0 Å². The zero-order chi connectivity index (χ0) is 19.4. The Balaban J connectivity index is 1.54. The maximum absolute atomic E-state index is 12.2. The number of anilines is 1. The van der Waals surface area contributed by atoms with Crippen LogP contribution in [0, 0.1) is 5.92 Å². The van der Waals surface area contributed by atoms with Gasteiger partial charge in [-0.05, 0) is 71.2 Å². The van der Waals surface area contributed by atoms with Crippen molar-refractivity contribution in [1.29, 1.82) is 0 Å². The van der Waals surface area contributed by atoms with Crippen molar-refractivity contribution in [3.8, 4) is 5.75 Å². The van der Waals surface area contributed by atoms with Gasteiger partial charge in [0.25, 0.3) is 11.8 Å². The van der Waals surface area contributed by atoms with Crippen molar-refractivity contribution in [2.75, 3.05) is 12.4 Å². The monoisotopic (exact) mass is 431 g/mol. The highest BCUT2D eigenvalue weighted by Crippen LogP contribution is 2.30. The number of hydrogen-bond acceptors (Lipinski definition) is 4. The van der Waals surface area contributed by atoms with E-state index in [0.29, 0.717) is 27.0 Å². The van der Waals surface area contributed by atoms with Crippen molar-refractivity contribution in [1.82, 2.24) is 10.9 Å². The van der Waals surface area contributed by atoms with Crippen LogP contribution in [0.4, 0.5) is 5.69 Å². The number of methoxy groups -OCH3 is 1. The molecule has 0 bridgehead atoms. The standard InChI is InChI=1S/C19H18BrN3O4/c1-27-16-9-6-13(10-15(16)20)19(26)23-22-18(25)12-4-7-14(8-5-12)21-17(24)11-2-3-11/h4-11H,2-3H2,1H3,(H,21,24)(H,22,25)(H,23,26). The van der Waals surface area contributed by atoms with Crippen LogP contribution >= 0.6 is 15.9 Å². The number of amides is 3. The topological polar surface area (TPSA) is 96.5 Å². The fourth-order valence-electron chi connectivity index (χ4n) is 2.36. The van der Waals surface area contributed by atoms with Crippen LogP contribution < -0.4 is 20.9 Å². The van der Waals surface area contributed by atoms with E-state index >= 15 is 0 Å². The average Bonchev–Trinajstić information content (AvgIpc) is 3.51. The molecule has 140 valence electrons. The lowest BCUT2D eigenvalue weighted by Crippen LogP contribution is -2.41. The number of carbonyl (C=O) groups excluding carboxylic acids is 3. The summed E-state index contributed by atoms with van der Waals surface area (Å²) < 4.78 is 5.74. The number of hydrogen-bond donors (Lipinski definition) is 3. The maximum Gasteiger partial charge on any atom is 0.269 e. The van der Waals surface area contributed by atoms with Gasteiger partial charge in [0, 0.05) is 22.7 Å². The van der Waals surface area contributed by atoms with Crippen LogP contribution in [0.3, 0.4) is 0 Å². The van der Waals surface area contributed by atoms with Crippen LogP contribution in [-0.4, -0.2) is 24.8 Å². The van der Waals surface area contributed by atoms with Gasteiger partial charge in [0.1, 0.15) is 5.75 Å². The number of benzene rings is 2. The summed E-state index contributed by atoms with van der Waals surface area (Å²) in [5, 5.41) is 2.80. The molecule has 0 spiro atoms. The van der Waals surface area contributed by atoms with Crippen LogP contribution in [0.2, 0.25) is 0 Å². The Kier molecular flexibility index (Phi) is 5.75. The minimum atomic E-state index is -0.462. The van der Waals surface area contributed by atoms with Crippen LogP contribution in [0.15, 0.2) is 46.9 Å². The lowest BCUT2D eigenvalue weighted by molar-refractivity contribution is -0.117. The van der Waals surface area contributed by atoms with E-state index < -0.39 is 11.8 Å². The molecule has 0 unspecified atom stereocenters. The quantitative estimate of drug-likeness (QED) is 0.634. The van der Waals surface area contributed by atoms with E-state index in [0.717, 1.165) is 12.8 Å². The molecule has 8 heteroatoms. The van der Waals surface area contributed by atoms with E-state index in [1.165, 1.54) is 7.11 Å². The van der Waals surface area contributed by atoms with E-state index in [1.54, 1.807) is 42.5 Å². The van der Waals surface area contributed by atoms with Gasteiger partial charge in [-0.15, -0.1) is 0 Å². The summed E-state index contributed by atoms with van der Waals surface area (Å²) in [4.78, 5) is 36.0. The third-order valence-electron chi connectivity index (χ3n) is 4.07. The van der Waals surface area contributed by atoms with Crippen molar-refractivity contribution in [3.63, 3.8) is 0 Å². The van der Waals surface area contributed by atoms with Crippen LogP contribution in [-0.2, 0) is 4.79 Å². The molecule has 0 heterocycles. The molecule has 0 radical (unpaired) electrons. The fraction of sp³-hybridized carbons (Fsp3) is 0.211. The van der Waals surface area contributed by atoms with Gasteiger partial charge in [-0.2, -0.15) is 0 Å². The van der Waals surface area contributed by atoms with Crippen molar-refractivity contribution >= 4 is 39.3 Å². The molecule has 3 rings (SSSR count). The molecular weight excluding hydrogens is 414 g/mol. The molecule has 2 aromatic carbocycles. The molecule has 0 aliphatic heterocycles. The van der Waals surface area contributed by atoms with Gasteiger partial charge in [0.15, 0.2) is 0 Å². The first-order valence-corrected chi connectivity index (χ1v) is 9.12. The van der Waals surface area contributed by atoms with E-state index in [2.05, 4.69) is 32.1 Å². The smallest absolute Gasteiger partial charge is 0.269 e. The molecule has 1 aliphatic carbocycles. The minimum absolute atomic E-state index is 0.00474. The van der Waals surface area contributed by atoms with Crippen LogP contribution in [0.25, 0.3) is 0 Å². The van der Waals surface area contributed by atoms with Gasteiger partial charge in [0.05, 0.1) is 11.6 Å². The summed E-state index contributed by atoms with van der Waals surface area (Å²) in [7, 11) is 1.53. The second kappa shape index (κ2) is 8.22. The van der Waals surface area contributed by atoms with Gasteiger partial charge >= 0.3 is 0 Å². The van der Waals surface area contributed by atoms with Gasteiger partial charge in [-0.3, -0.25) is 25.2 Å². The molecule has 0 atom stereocenters. The Labute approximate surface area is 164 Å². The zero-order valence-electron chi connectivity index (χ0n) is 14.5. The van der Waals surface area contributed by atoms with Gasteiger partial charge in [0.2, 0.25) is 5.91 Å². The van der Waals surface area contributed by atoms with E-state index in [4.69, 9.17) is 4.74 Å². The predicted octanol–water partition coefficient (Wildman–Crippen LogP) is 2.88. The summed E-state index contributed by atoms with van der Waals surface area (Å²) in [5.74, 6) is -0.202. The molecule has 7 nitrogen and oxygen atoms in total. The van der Waals surface area contributed by atoms with Gasteiger partial charge in [-0.25, -0.2) is 0 Å². The Morgan fingerprint density at radius 2 is 1.56 bits per heavy atom. The molecule has 0 aromatic heterocycles. The van der Waals surface area contributed by atoms with Crippen molar-refractivity contribution in [2.24, 2.45) is 5.92 Å². The first kappa shape index (κ1) is 18.9. The Bertz CT molecular complexity index is 879. The van der Waals surface area contributed by atoms with E-state index in [-0.39, 0.29) is 11.8 Å². The van der Waals surface area contributed by atoms with Crippen molar-refractivity contribution in [2.45, 2.75) is 12.8 Å². The highest BCUT2D eigenvalue weighted by atomic mass is 79.9. The second-order valence-corrected chi connectivity index (χ2v) is 6.95. The number of carbonyl (C=O) groups is 3. The molecule has 1 fully saturated rings. The molecule has 1 aliphatic rings. The zero-order valence-corrected chi connectivity index (χ0v) is 16.1. The van der Waals surface area contributed by atoms with Gasteiger partial charge < -0.3 is 10.1 Å². The summed E-state index contributed by atoms with van der Waals surface area (Å²) in [5.41, 5.74) is 6.08. The number of halogens is 1. The molecule has 3 N–H and O–H groups in total. The summed E-state index contributed by atoms with van der Waals surface area (Å²) in [6.45, 7) is 0. The lowest BCUT2D eigenvalue weighted by atomic mass is 10.2. The molecular formula is C19H18BrN3O4. The summed E-state index contributed by atoms with van der Waals surface area (Å²) in [6, 6.07) is 11.3. The number of nitrogens with one attached hydrogen (secondary N) is 3. The second-order valence-electron chi connectivity index (χ2n) is 6.10. The summed E-state index contributed by atoms with van der Waals surface area (Å²) >= 11 is 3.31. The van der Waals surface area contributed by atoms with E-state index in [1.807, 2.05) is 0 Å². The first-order valence-electron chi connectivity index (χ1n) is 8.33. The first-order chi connectivity index (χ1) is 13.0.